The third-order valence-corrected chi connectivity index (χ3v) is 2.86. The predicted molar refractivity (Wildman–Crippen MR) is 59.5 cm³/mol. The third kappa shape index (κ3) is 2.25. The van der Waals surface area contributed by atoms with Gasteiger partial charge in [-0.25, -0.2) is 0 Å². The summed E-state index contributed by atoms with van der Waals surface area (Å²) in [5.74, 6) is 0.455. The van der Waals surface area contributed by atoms with Gasteiger partial charge in [-0.1, -0.05) is 41.9 Å². The average Bonchev–Trinajstić information content (AvgIpc) is 2.18. The molecule has 0 bridgehead atoms. The minimum Gasteiger partial charge on any atom is -0.507 e. The van der Waals surface area contributed by atoms with Crippen LogP contribution in [0, 0.1) is 0 Å². The van der Waals surface area contributed by atoms with Crippen LogP contribution in [-0.2, 0) is 18.2 Å². The molecule has 0 aliphatic heterocycles. The maximum absolute atomic E-state index is 9.78. The molecule has 2 heteroatoms. The molecule has 0 spiro atoms. The van der Waals surface area contributed by atoms with Gasteiger partial charge in [0.2, 0.25) is 0 Å². The molecule has 0 heterocycles. The van der Waals surface area contributed by atoms with E-state index in [0.29, 0.717) is 5.75 Å². The van der Waals surface area contributed by atoms with E-state index in [-0.39, 0.29) is 0 Å². The van der Waals surface area contributed by atoms with Crippen LogP contribution in [0.2, 0.25) is 0 Å². The zero-order valence-corrected chi connectivity index (χ0v) is 9.69. The molecule has 1 rings (SSSR count). The fourth-order valence-corrected chi connectivity index (χ4v) is 1.84. The Hall–Kier alpha value is -0.500. The number of aromatic hydroxyl groups is 1. The Kier molecular flexibility index (Phi) is 3.79. The van der Waals surface area contributed by atoms with E-state index in [1.165, 1.54) is 5.56 Å². The summed E-state index contributed by atoms with van der Waals surface area (Å²) in [7, 11) is 0. The first kappa shape index (κ1) is 10.6. The SMILES string of the molecule is CCc1cc(CC)c(O)c(CBr)c1. The van der Waals surface area contributed by atoms with Crippen LogP contribution in [0.1, 0.15) is 30.5 Å². The van der Waals surface area contributed by atoms with E-state index < -0.39 is 0 Å². The highest BCUT2D eigenvalue weighted by atomic mass is 79.9. The van der Waals surface area contributed by atoms with Gasteiger partial charge in [0.1, 0.15) is 5.75 Å². The maximum atomic E-state index is 9.78. The van der Waals surface area contributed by atoms with Crippen molar-refractivity contribution >= 4 is 15.9 Å². The summed E-state index contributed by atoms with van der Waals surface area (Å²) in [6.07, 6.45) is 1.91. The van der Waals surface area contributed by atoms with Crippen molar-refractivity contribution in [1.82, 2.24) is 0 Å². The van der Waals surface area contributed by atoms with Crippen molar-refractivity contribution in [3.05, 3.63) is 28.8 Å². The highest BCUT2D eigenvalue weighted by Gasteiger charge is 2.06. The molecule has 0 radical (unpaired) electrons. The van der Waals surface area contributed by atoms with Gasteiger partial charge in [0.15, 0.2) is 0 Å². The first-order chi connectivity index (χ1) is 6.22. The average molecular weight is 243 g/mol. The van der Waals surface area contributed by atoms with Gasteiger partial charge >= 0.3 is 0 Å². The van der Waals surface area contributed by atoms with Crippen LogP contribution >= 0.6 is 15.9 Å². The highest BCUT2D eigenvalue weighted by molar-refractivity contribution is 9.08. The molecule has 1 aromatic rings. The Labute approximate surface area is 87.9 Å². The Morgan fingerprint density at radius 2 is 1.77 bits per heavy atom. The molecule has 0 saturated heterocycles. The van der Waals surface area contributed by atoms with Crippen molar-refractivity contribution in [2.45, 2.75) is 32.0 Å². The number of rotatable bonds is 3. The van der Waals surface area contributed by atoms with E-state index in [1.807, 2.05) is 0 Å². The number of phenolic OH excluding ortho intramolecular Hbond substituents is 1. The van der Waals surface area contributed by atoms with E-state index >= 15 is 0 Å². The molecule has 13 heavy (non-hydrogen) atoms. The van der Waals surface area contributed by atoms with E-state index in [9.17, 15) is 5.11 Å². The Bertz CT molecular complexity index is 269. The molecule has 0 fully saturated rings. The third-order valence-electron chi connectivity index (χ3n) is 2.26. The van der Waals surface area contributed by atoms with Crippen molar-refractivity contribution in [3.8, 4) is 5.75 Å². The standard InChI is InChI=1S/C11H15BrO/c1-3-8-5-9(4-2)11(13)10(6-8)7-12/h5-6,13H,3-4,7H2,1-2H3. The van der Waals surface area contributed by atoms with Crippen molar-refractivity contribution < 1.29 is 5.11 Å². The molecule has 0 unspecified atom stereocenters. The monoisotopic (exact) mass is 242 g/mol. The molecular weight excluding hydrogens is 228 g/mol. The summed E-state index contributed by atoms with van der Waals surface area (Å²) >= 11 is 3.38. The van der Waals surface area contributed by atoms with E-state index in [1.54, 1.807) is 0 Å². The second-order valence-electron chi connectivity index (χ2n) is 3.10. The zero-order chi connectivity index (χ0) is 9.84. The molecule has 0 aliphatic rings. The van der Waals surface area contributed by atoms with Crippen LogP contribution in [0.4, 0.5) is 0 Å². The summed E-state index contributed by atoms with van der Waals surface area (Å²) in [4.78, 5) is 0. The molecule has 1 aromatic carbocycles. The molecule has 0 aromatic heterocycles. The molecule has 72 valence electrons. The van der Waals surface area contributed by atoms with Crippen molar-refractivity contribution in [3.63, 3.8) is 0 Å². The maximum Gasteiger partial charge on any atom is 0.122 e. The van der Waals surface area contributed by atoms with Crippen LogP contribution in [-0.4, -0.2) is 5.11 Å². The minimum atomic E-state index is 0.455. The van der Waals surface area contributed by atoms with Gasteiger partial charge in [-0.2, -0.15) is 0 Å². The topological polar surface area (TPSA) is 20.2 Å². The zero-order valence-electron chi connectivity index (χ0n) is 8.10. The number of alkyl halides is 1. The van der Waals surface area contributed by atoms with Crippen molar-refractivity contribution in [1.29, 1.82) is 0 Å². The first-order valence-corrected chi connectivity index (χ1v) is 5.74. The van der Waals surface area contributed by atoms with Gasteiger partial charge in [0.25, 0.3) is 0 Å². The number of halogens is 1. The fraction of sp³-hybridized carbons (Fsp3) is 0.455. The number of aryl methyl sites for hydroxylation is 2. The molecule has 0 saturated carbocycles. The van der Waals surface area contributed by atoms with Gasteiger partial charge in [-0.05, 0) is 24.0 Å². The molecule has 0 atom stereocenters. The Morgan fingerprint density at radius 3 is 2.23 bits per heavy atom. The lowest BCUT2D eigenvalue weighted by molar-refractivity contribution is 0.464. The quantitative estimate of drug-likeness (QED) is 0.806. The number of hydrogen-bond acceptors (Lipinski definition) is 1. The molecule has 0 aliphatic carbocycles. The van der Waals surface area contributed by atoms with E-state index in [4.69, 9.17) is 0 Å². The van der Waals surface area contributed by atoms with Crippen LogP contribution in [0.25, 0.3) is 0 Å². The lowest BCUT2D eigenvalue weighted by Crippen LogP contribution is -1.91. The van der Waals surface area contributed by atoms with E-state index in [2.05, 4.69) is 41.9 Å². The first-order valence-electron chi connectivity index (χ1n) is 4.62. The molecule has 0 amide bonds. The smallest absolute Gasteiger partial charge is 0.122 e. The summed E-state index contributed by atoms with van der Waals surface area (Å²) < 4.78 is 0. The second-order valence-corrected chi connectivity index (χ2v) is 3.66. The van der Waals surface area contributed by atoms with Gasteiger partial charge in [0, 0.05) is 10.9 Å². The van der Waals surface area contributed by atoms with Gasteiger partial charge in [0.05, 0.1) is 0 Å². The van der Waals surface area contributed by atoms with Crippen LogP contribution in [0.5, 0.6) is 5.75 Å². The second kappa shape index (κ2) is 4.66. The number of benzene rings is 1. The Balaban J connectivity index is 3.20. The summed E-state index contributed by atoms with van der Waals surface area (Å²) in [6.45, 7) is 4.19. The highest BCUT2D eigenvalue weighted by Crippen LogP contribution is 2.27. The minimum absolute atomic E-state index is 0.455. The van der Waals surface area contributed by atoms with Gasteiger partial charge in [-0.3, -0.25) is 0 Å². The van der Waals surface area contributed by atoms with Crippen LogP contribution in [0.3, 0.4) is 0 Å². The lowest BCUT2D eigenvalue weighted by atomic mass is 10.0. The fourth-order valence-electron chi connectivity index (χ4n) is 1.41. The van der Waals surface area contributed by atoms with Crippen LogP contribution < -0.4 is 0 Å². The largest absolute Gasteiger partial charge is 0.507 e. The number of phenols is 1. The van der Waals surface area contributed by atoms with Crippen molar-refractivity contribution in [2.75, 3.05) is 0 Å². The molecule has 1 N–H and O–H groups in total. The van der Waals surface area contributed by atoms with Gasteiger partial charge in [-0.15, -0.1) is 0 Å². The molecule has 1 nitrogen and oxygen atoms in total. The number of hydrogen-bond donors (Lipinski definition) is 1. The summed E-state index contributed by atoms with van der Waals surface area (Å²) in [6, 6.07) is 4.14. The Morgan fingerprint density at radius 1 is 1.15 bits per heavy atom. The lowest BCUT2D eigenvalue weighted by Gasteiger charge is -2.09. The summed E-state index contributed by atoms with van der Waals surface area (Å²) in [5, 5.41) is 10.5. The summed E-state index contributed by atoms with van der Waals surface area (Å²) in [5.41, 5.74) is 3.34. The van der Waals surface area contributed by atoms with Crippen molar-refractivity contribution in [2.24, 2.45) is 0 Å². The van der Waals surface area contributed by atoms with Gasteiger partial charge < -0.3 is 5.11 Å². The normalized spacial score (nSPS) is 10.4. The predicted octanol–water partition coefficient (Wildman–Crippen LogP) is 3.41. The van der Waals surface area contributed by atoms with Crippen LogP contribution in [0.15, 0.2) is 12.1 Å². The van der Waals surface area contributed by atoms with E-state index in [0.717, 1.165) is 29.3 Å². The molecular formula is C11H15BrO.